The predicted molar refractivity (Wildman–Crippen MR) is 92.8 cm³/mol. The molecule has 0 bridgehead atoms. The zero-order valence-corrected chi connectivity index (χ0v) is 14.4. The highest BCUT2D eigenvalue weighted by molar-refractivity contribution is 6.31. The van der Waals surface area contributed by atoms with Crippen molar-refractivity contribution in [1.29, 1.82) is 0 Å². The Bertz CT molecular complexity index is 912. The van der Waals surface area contributed by atoms with E-state index in [-0.39, 0.29) is 29.4 Å². The summed E-state index contributed by atoms with van der Waals surface area (Å²) in [4.78, 5) is 22.2. The summed E-state index contributed by atoms with van der Waals surface area (Å²) in [5, 5.41) is 9.58. The van der Waals surface area contributed by atoms with Gasteiger partial charge in [0, 0.05) is 17.0 Å². The molecule has 140 valence electrons. The van der Waals surface area contributed by atoms with E-state index in [0.29, 0.717) is 11.1 Å². The molecule has 0 fully saturated rings. The smallest absolute Gasteiger partial charge is 0.462 e. The van der Waals surface area contributed by atoms with Crippen molar-refractivity contribution in [3.63, 3.8) is 0 Å². The van der Waals surface area contributed by atoms with Gasteiger partial charge in [-0.05, 0) is 23.6 Å². The summed E-state index contributed by atoms with van der Waals surface area (Å²) in [5.74, 6) is 0.126. The monoisotopic (exact) mass is 396 g/mol. The first-order valence-electron chi connectivity index (χ1n) is 7.55. The largest absolute Gasteiger partial charge is 0.491 e. The van der Waals surface area contributed by atoms with Gasteiger partial charge in [-0.15, -0.1) is 0 Å². The number of hydrogen-bond donors (Lipinski definition) is 1. The van der Waals surface area contributed by atoms with Crippen LogP contribution in [0.3, 0.4) is 0 Å². The number of ether oxygens (including phenoxy) is 1. The van der Waals surface area contributed by atoms with Crippen molar-refractivity contribution in [3.8, 4) is 28.7 Å². The predicted octanol–water partition coefficient (Wildman–Crippen LogP) is 4.61. The zero-order valence-electron chi connectivity index (χ0n) is 13.6. The Labute approximate surface area is 157 Å². The molecule has 0 aliphatic carbocycles. The van der Waals surface area contributed by atoms with Crippen LogP contribution in [0.25, 0.3) is 11.1 Å². The molecule has 0 heterocycles. The lowest BCUT2D eigenvalue weighted by Crippen LogP contribution is -2.20. The Morgan fingerprint density at radius 2 is 1.81 bits per heavy atom. The third kappa shape index (κ3) is 5.50. The Balaban J connectivity index is 2.26. The van der Waals surface area contributed by atoms with E-state index >= 15 is 0 Å². The van der Waals surface area contributed by atoms with Crippen molar-refractivity contribution in [2.24, 2.45) is 0 Å². The molecule has 0 aromatic heterocycles. The van der Waals surface area contributed by atoms with Crippen LogP contribution in [-0.2, 0) is 4.79 Å². The van der Waals surface area contributed by atoms with Crippen molar-refractivity contribution in [3.05, 3.63) is 53.1 Å². The zero-order chi connectivity index (χ0) is 20.0. The van der Waals surface area contributed by atoms with Crippen molar-refractivity contribution >= 4 is 23.4 Å². The lowest BCUT2D eigenvalue weighted by molar-refractivity contribution is -0.164. The van der Waals surface area contributed by atoms with Crippen LogP contribution in [0.15, 0.2) is 42.5 Å². The van der Waals surface area contributed by atoms with Gasteiger partial charge in [0.05, 0.1) is 6.61 Å². The van der Waals surface area contributed by atoms with E-state index in [4.69, 9.17) is 16.3 Å². The number of carboxylic acids is 1. The molecule has 0 aliphatic rings. The van der Waals surface area contributed by atoms with Gasteiger partial charge in [-0.3, -0.25) is 4.79 Å². The van der Waals surface area contributed by atoms with Crippen molar-refractivity contribution in [2.45, 2.75) is 12.6 Å². The first-order chi connectivity index (χ1) is 12.7. The number of benzene rings is 2. The minimum Gasteiger partial charge on any atom is -0.491 e. The van der Waals surface area contributed by atoms with E-state index in [1.807, 2.05) is 0 Å². The molecule has 1 N–H and O–H groups in total. The fraction of sp³-hybridized carbons (Fsp3) is 0.158. The van der Waals surface area contributed by atoms with Gasteiger partial charge < -0.3 is 9.84 Å². The molecule has 0 radical (unpaired) electrons. The normalized spacial score (nSPS) is 10.7. The first-order valence-corrected chi connectivity index (χ1v) is 7.93. The van der Waals surface area contributed by atoms with Crippen molar-refractivity contribution < 1.29 is 32.6 Å². The van der Waals surface area contributed by atoms with E-state index in [9.17, 15) is 27.9 Å². The number of carbonyl (C=O) groups is 2. The first kappa shape index (κ1) is 20.3. The van der Waals surface area contributed by atoms with Crippen molar-refractivity contribution in [2.75, 3.05) is 6.61 Å². The maximum Gasteiger partial charge on any atom is 0.462 e. The maximum absolute atomic E-state index is 12.1. The molecule has 0 unspecified atom stereocenters. The van der Waals surface area contributed by atoms with Crippen LogP contribution in [0.1, 0.15) is 16.8 Å². The summed E-state index contributed by atoms with van der Waals surface area (Å²) in [6.45, 7) is -0.208. The number of halogens is 4. The van der Waals surface area contributed by atoms with Gasteiger partial charge in [-0.2, -0.15) is 13.2 Å². The highest BCUT2D eigenvalue weighted by Crippen LogP contribution is 2.36. The molecule has 2 rings (SSSR count). The third-order valence-electron chi connectivity index (χ3n) is 3.30. The lowest BCUT2D eigenvalue weighted by Gasteiger charge is -2.14. The van der Waals surface area contributed by atoms with E-state index < -0.39 is 17.9 Å². The fourth-order valence-corrected chi connectivity index (χ4v) is 2.38. The maximum atomic E-state index is 12.1. The summed E-state index contributed by atoms with van der Waals surface area (Å²) in [5.41, 5.74) is 0.872. The summed E-state index contributed by atoms with van der Waals surface area (Å²) >= 11 is 5.99. The number of alkyl halides is 3. The van der Waals surface area contributed by atoms with Gasteiger partial charge >= 0.3 is 17.9 Å². The van der Waals surface area contributed by atoms with Gasteiger partial charge in [-0.25, -0.2) is 4.79 Å². The number of carboxylic acid groups (broad SMARTS) is 1. The van der Waals surface area contributed by atoms with E-state index in [1.54, 1.807) is 30.3 Å². The number of aromatic carboxylic acids is 1. The fourth-order valence-electron chi connectivity index (χ4n) is 2.16. The average Bonchev–Trinajstić information content (AvgIpc) is 2.61. The number of carbonyl (C=O) groups excluding carboxylic acids is 1. The van der Waals surface area contributed by atoms with Gasteiger partial charge in [0.25, 0.3) is 0 Å². The standard InChI is InChI=1S/C19H12ClF3O4/c20-13-10-14(12-6-2-1-3-7-12)17(15(11-13)18(25)26)27-9-5-4-8-16(24)19(21,22)23/h1-3,6-7,10-11H,5,9H2,(H,25,26). The van der Waals surface area contributed by atoms with Gasteiger partial charge in [0.1, 0.15) is 11.3 Å². The third-order valence-corrected chi connectivity index (χ3v) is 3.52. The van der Waals surface area contributed by atoms with Crippen LogP contribution in [0.2, 0.25) is 5.02 Å². The molecular weight excluding hydrogens is 385 g/mol. The minimum atomic E-state index is -5.01. The number of rotatable bonds is 5. The lowest BCUT2D eigenvalue weighted by atomic mass is 10.0. The highest BCUT2D eigenvalue weighted by Gasteiger charge is 2.36. The summed E-state index contributed by atoms with van der Waals surface area (Å²) < 4.78 is 41.7. The number of Topliss-reactive ketones (excluding diaryl/α,β-unsaturated/α-hetero) is 1. The minimum absolute atomic E-state index is 0.0158. The molecule has 2 aromatic rings. The van der Waals surface area contributed by atoms with Crippen LogP contribution in [-0.4, -0.2) is 29.6 Å². The Morgan fingerprint density at radius 3 is 2.41 bits per heavy atom. The quantitative estimate of drug-likeness (QED) is 0.455. The molecule has 0 spiro atoms. The Hall–Kier alpha value is -2.98. The summed E-state index contributed by atoms with van der Waals surface area (Å²) in [6, 6.07) is 11.5. The van der Waals surface area contributed by atoms with Crippen LogP contribution in [0, 0.1) is 11.8 Å². The van der Waals surface area contributed by atoms with Crippen molar-refractivity contribution in [1.82, 2.24) is 0 Å². The van der Waals surface area contributed by atoms with Crippen LogP contribution in [0.5, 0.6) is 5.75 Å². The van der Waals surface area contributed by atoms with E-state index in [2.05, 4.69) is 5.92 Å². The Kier molecular flexibility index (Phi) is 6.48. The molecule has 0 saturated carbocycles. The summed E-state index contributed by atoms with van der Waals surface area (Å²) in [6.07, 6.45) is -5.21. The van der Waals surface area contributed by atoms with Crippen LogP contribution >= 0.6 is 11.6 Å². The molecule has 27 heavy (non-hydrogen) atoms. The molecule has 0 amide bonds. The van der Waals surface area contributed by atoms with Crippen LogP contribution < -0.4 is 4.74 Å². The topological polar surface area (TPSA) is 63.6 Å². The molecule has 0 aliphatic heterocycles. The van der Waals surface area contributed by atoms with E-state index in [1.165, 1.54) is 18.1 Å². The molecular formula is C19H12ClF3O4. The van der Waals surface area contributed by atoms with Gasteiger partial charge in [0.2, 0.25) is 0 Å². The van der Waals surface area contributed by atoms with Gasteiger partial charge in [0.15, 0.2) is 0 Å². The molecule has 0 saturated heterocycles. The SMILES string of the molecule is O=C(O)c1cc(Cl)cc(-c2ccccc2)c1OCCC#CC(=O)C(F)(F)F. The second kappa shape index (κ2) is 8.60. The molecule has 0 atom stereocenters. The average molecular weight is 397 g/mol. The molecule has 4 nitrogen and oxygen atoms in total. The number of ketones is 1. The molecule has 8 heteroatoms. The second-order valence-corrected chi connectivity index (χ2v) is 5.66. The number of hydrogen-bond acceptors (Lipinski definition) is 3. The van der Waals surface area contributed by atoms with Gasteiger partial charge in [-0.1, -0.05) is 47.9 Å². The second-order valence-electron chi connectivity index (χ2n) is 5.23. The van der Waals surface area contributed by atoms with Crippen LogP contribution in [0.4, 0.5) is 13.2 Å². The Morgan fingerprint density at radius 1 is 1.15 bits per heavy atom. The summed E-state index contributed by atoms with van der Waals surface area (Å²) in [7, 11) is 0. The van der Waals surface area contributed by atoms with E-state index in [0.717, 1.165) is 0 Å². The highest BCUT2D eigenvalue weighted by atomic mass is 35.5. The molecule has 2 aromatic carbocycles.